The summed E-state index contributed by atoms with van der Waals surface area (Å²) in [6, 6.07) is 3.55. The molecule has 1 aromatic carbocycles. The van der Waals surface area contributed by atoms with Gasteiger partial charge in [0.25, 0.3) is 0 Å². The van der Waals surface area contributed by atoms with E-state index in [1.165, 1.54) is 18.3 Å². The quantitative estimate of drug-likeness (QED) is 0.676. The topological polar surface area (TPSA) is 52.8 Å². The number of rotatable bonds is 7. The molecule has 0 unspecified atom stereocenters. The summed E-state index contributed by atoms with van der Waals surface area (Å²) in [4.78, 5) is 19.3. The lowest BCUT2D eigenvalue weighted by atomic mass is 9.94. The number of allylic oxidation sites excluding steroid dienone is 2. The molecule has 0 aliphatic carbocycles. The molecule has 2 fully saturated rings. The minimum atomic E-state index is -0.428. The maximum Gasteiger partial charge on any atom is 0.225 e. The summed E-state index contributed by atoms with van der Waals surface area (Å²) in [5, 5.41) is 0. The maximum absolute atomic E-state index is 13.9. The molecule has 0 radical (unpaired) electrons. The van der Waals surface area contributed by atoms with E-state index in [1.807, 2.05) is 17.1 Å². The van der Waals surface area contributed by atoms with Crippen LogP contribution in [0, 0.1) is 17.6 Å². The summed E-state index contributed by atoms with van der Waals surface area (Å²) < 4.78 is 27.3. The van der Waals surface area contributed by atoms with Crippen molar-refractivity contribution < 1.29 is 13.6 Å². The van der Waals surface area contributed by atoms with Gasteiger partial charge in [0, 0.05) is 50.7 Å². The second-order valence-electron chi connectivity index (χ2n) is 8.22. The zero-order chi connectivity index (χ0) is 22.2. The first-order valence-electron chi connectivity index (χ1n) is 10.9. The Balaban J connectivity index is 1.44. The maximum atomic E-state index is 13.9. The van der Waals surface area contributed by atoms with E-state index in [2.05, 4.69) is 16.4 Å². The van der Waals surface area contributed by atoms with Crippen LogP contribution in [0.3, 0.4) is 0 Å². The molecule has 2 saturated heterocycles. The Kier molecular flexibility index (Phi) is 8.37. The summed E-state index contributed by atoms with van der Waals surface area (Å²) in [6.45, 7) is 9.25. The number of nitrogens with zero attached hydrogens (tertiary/aromatic N) is 3. The van der Waals surface area contributed by atoms with E-state index < -0.39 is 5.82 Å². The van der Waals surface area contributed by atoms with Gasteiger partial charge in [0.05, 0.1) is 0 Å². The van der Waals surface area contributed by atoms with Crippen LogP contribution in [-0.2, 0) is 11.3 Å². The number of piperazine rings is 1. The number of carbonyl (C=O) groups excluding carboxylic acids is 1. The average Bonchev–Trinajstić information content (AvgIpc) is 2.77. The molecule has 0 aromatic heterocycles. The van der Waals surface area contributed by atoms with Gasteiger partial charge in [0.15, 0.2) is 0 Å². The van der Waals surface area contributed by atoms with Gasteiger partial charge in [-0.05, 0) is 62.0 Å². The van der Waals surface area contributed by atoms with Crippen molar-refractivity contribution in [3.63, 3.8) is 0 Å². The largest absolute Gasteiger partial charge is 0.405 e. The Morgan fingerprint density at radius 3 is 2.45 bits per heavy atom. The highest BCUT2D eigenvalue weighted by Crippen LogP contribution is 2.22. The van der Waals surface area contributed by atoms with E-state index in [0.29, 0.717) is 38.3 Å². The molecule has 168 valence electrons. The summed E-state index contributed by atoms with van der Waals surface area (Å²) in [5.74, 6) is -0.539. The van der Waals surface area contributed by atoms with Crippen LogP contribution in [0.5, 0.6) is 0 Å². The van der Waals surface area contributed by atoms with Gasteiger partial charge < -0.3 is 10.6 Å². The van der Waals surface area contributed by atoms with Crippen molar-refractivity contribution in [3.8, 4) is 0 Å². The van der Waals surface area contributed by atoms with Crippen molar-refractivity contribution in [3.05, 3.63) is 72.0 Å². The number of nitrogens with two attached hydrogens (primary N) is 1. The molecule has 2 N–H and O–H groups in total. The second-order valence-corrected chi connectivity index (χ2v) is 8.22. The van der Waals surface area contributed by atoms with E-state index in [0.717, 1.165) is 44.1 Å². The van der Waals surface area contributed by atoms with Crippen molar-refractivity contribution in [2.24, 2.45) is 11.7 Å². The van der Waals surface area contributed by atoms with Crippen LogP contribution < -0.4 is 5.73 Å². The van der Waals surface area contributed by atoms with Gasteiger partial charge >= 0.3 is 0 Å². The van der Waals surface area contributed by atoms with Crippen LogP contribution >= 0.6 is 0 Å². The summed E-state index contributed by atoms with van der Waals surface area (Å²) in [5.41, 5.74) is 6.98. The lowest BCUT2D eigenvalue weighted by Gasteiger charge is -2.38. The van der Waals surface area contributed by atoms with E-state index in [-0.39, 0.29) is 17.6 Å². The van der Waals surface area contributed by atoms with Crippen molar-refractivity contribution in [1.29, 1.82) is 0 Å². The zero-order valence-corrected chi connectivity index (χ0v) is 18.0. The van der Waals surface area contributed by atoms with Gasteiger partial charge in [0.2, 0.25) is 5.91 Å². The lowest BCUT2D eigenvalue weighted by Crippen LogP contribution is -2.51. The van der Waals surface area contributed by atoms with Crippen LogP contribution in [0.2, 0.25) is 0 Å². The first-order chi connectivity index (χ1) is 15.0. The van der Waals surface area contributed by atoms with Crippen molar-refractivity contribution in [1.82, 2.24) is 14.7 Å². The third-order valence-corrected chi connectivity index (χ3v) is 6.07. The van der Waals surface area contributed by atoms with Crippen LogP contribution in [0.1, 0.15) is 18.4 Å². The Morgan fingerprint density at radius 1 is 1.10 bits per heavy atom. The Morgan fingerprint density at radius 2 is 1.81 bits per heavy atom. The summed E-state index contributed by atoms with van der Waals surface area (Å²) in [7, 11) is 0. The highest BCUT2D eigenvalue weighted by atomic mass is 19.1. The molecule has 5 nitrogen and oxygen atoms in total. The predicted molar refractivity (Wildman–Crippen MR) is 119 cm³/mol. The monoisotopic (exact) mass is 430 g/mol. The number of hydrogen-bond acceptors (Lipinski definition) is 4. The molecule has 2 aliphatic rings. The fourth-order valence-electron chi connectivity index (χ4n) is 4.32. The SMILES string of the molecule is C=C/C=C(\C=C/N)CN1CCC(C(=O)N2CCN(Cc3cc(F)ccc3F)CC2)CC1. The summed E-state index contributed by atoms with van der Waals surface area (Å²) >= 11 is 0. The van der Waals surface area contributed by atoms with Gasteiger partial charge in [-0.3, -0.25) is 14.6 Å². The lowest BCUT2D eigenvalue weighted by molar-refractivity contribution is -0.138. The van der Waals surface area contributed by atoms with Crippen molar-refractivity contribution in [2.75, 3.05) is 45.8 Å². The molecule has 1 aromatic rings. The molecule has 0 atom stereocenters. The Hall–Kier alpha value is -2.51. The average molecular weight is 431 g/mol. The van der Waals surface area contributed by atoms with E-state index in [1.54, 1.807) is 6.08 Å². The van der Waals surface area contributed by atoms with Gasteiger partial charge in [0.1, 0.15) is 11.6 Å². The third kappa shape index (κ3) is 6.48. The number of carbonyl (C=O) groups is 1. The van der Waals surface area contributed by atoms with Crippen LogP contribution in [0.25, 0.3) is 0 Å². The van der Waals surface area contributed by atoms with Gasteiger partial charge in [-0.25, -0.2) is 8.78 Å². The molecule has 2 aliphatic heterocycles. The molecular formula is C24H32F2N4O. The van der Waals surface area contributed by atoms with Crippen molar-refractivity contribution in [2.45, 2.75) is 19.4 Å². The first kappa shape index (κ1) is 23.2. The fraction of sp³-hybridized carbons (Fsp3) is 0.458. The van der Waals surface area contributed by atoms with Crippen LogP contribution in [0.4, 0.5) is 8.78 Å². The number of likely N-dealkylation sites (tertiary alicyclic amines) is 1. The van der Waals surface area contributed by atoms with Gasteiger partial charge in [-0.2, -0.15) is 0 Å². The fourth-order valence-corrected chi connectivity index (χ4v) is 4.32. The molecular weight excluding hydrogens is 398 g/mol. The van der Waals surface area contributed by atoms with Crippen molar-refractivity contribution >= 4 is 5.91 Å². The Bertz CT molecular complexity index is 823. The molecule has 7 heteroatoms. The predicted octanol–water partition coefficient (Wildman–Crippen LogP) is 2.91. The number of hydrogen-bond donors (Lipinski definition) is 1. The zero-order valence-electron chi connectivity index (χ0n) is 18.0. The number of halogens is 2. The molecule has 3 rings (SSSR count). The highest BCUT2D eigenvalue weighted by molar-refractivity contribution is 5.79. The van der Waals surface area contributed by atoms with Gasteiger partial charge in [-0.15, -0.1) is 0 Å². The Labute approximate surface area is 183 Å². The molecule has 1 amide bonds. The molecule has 31 heavy (non-hydrogen) atoms. The number of benzene rings is 1. The first-order valence-corrected chi connectivity index (χ1v) is 10.9. The molecule has 2 heterocycles. The minimum Gasteiger partial charge on any atom is -0.405 e. The smallest absolute Gasteiger partial charge is 0.225 e. The van der Waals surface area contributed by atoms with E-state index in [9.17, 15) is 13.6 Å². The minimum absolute atomic E-state index is 0.0559. The van der Waals surface area contributed by atoms with Crippen LogP contribution in [-0.4, -0.2) is 66.4 Å². The highest BCUT2D eigenvalue weighted by Gasteiger charge is 2.30. The summed E-state index contributed by atoms with van der Waals surface area (Å²) in [6.07, 6.45) is 8.83. The van der Waals surface area contributed by atoms with E-state index >= 15 is 0 Å². The molecule has 0 bridgehead atoms. The standard InChI is InChI=1S/C24H32F2N4O/c1-2-3-19(6-9-27)17-28-10-7-20(8-11-28)24(31)30-14-12-29(13-15-30)18-21-16-22(25)4-5-23(21)26/h2-6,9,16,20H,1,7-8,10-15,17-18,27H2/b9-6-,19-3+. The number of amides is 1. The number of piperidine rings is 1. The normalized spacial score (nSPS) is 19.8. The second kappa shape index (κ2) is 11.2. The third-order valence-electron chi connectivity index (χ3n) is 6.07. The van der Waals surface area contributed by atoms with E-state index in [4.69, 9.17) is 5.73 Å². The van der Waals surface area contributed by atoms with Gasteiger partial charge in [-0.1, -0.05) is 18.7 Å². The van der Waals surface area contributed by atoms with Crippen LogP contribution in [0.15, 0.2) is 54.8 Å². The molecule has 0 spiro atoms. The molecule has 0 saturated carbocycles.